The van der Waals surface area contributed by atoms with Crippen molar-refractivity contribution in [1.29, 1.82) is 0 Å². The maximum absolute atomic E-state index is 12.9. The van der Waals surface area contributed by atoms with Gasteiger partial charge in [-0.25, -0.2) is 0 Å². The van der Waals surface area contributed by atoms with Crippen LogP contribution in [0.5, 0.6) is 0 Å². The number of quaternary nitrogens is 1. The second-order valence-corrected chi connectivity index (χ2v) is 23.3. The monoisotopic (exact) mass is 1130 g/mol. The van der Waals surface area contributed by atoms with Crippen molar-refractivity contribution in [2.24, 2.45) is 0 Å². The average molecular weight is 1130 g/mol. The van der Waals surface area contributed by atoms with Gasteiger partial charge in [-0.15, -0.1) is 0 Å². The van der Waals surface area contributed by atoms with Crippen LogP contribution in [-0.2, 0) is 33.3 Å². The fourth-order valence-corrected chi connectivity index (χ4v) is 9.29. The van der Waals surface area contributed by atoms with Crippen LogP contribution in [0.4, 0.5) is 0 Å². The Hall–Kier alpha value is -3.79. The molecule has 2 unspecified atom stereocenters. The highest BCUT2D eigenvalue weighted by Crippen LogP contribution is 2.17. The van der Waals surface area contributed by atoms with E-state index in [9.17, 15) is 19.5 Å². The van der Waals surface area contributed by atoms with E-state index in [0.29, 0.717) is 17.4 Å². The Labute approximate surface area is 499 Å². The maximum atomic E-state index is 12.9. The number of carbonyl (C=O) groups is 3. The molecule has 9 nitrogen and oxygen atoms in total. The normalized spacial score (nSPS) is 13.3. The van der Waals surface area contributed by atoms with Gasteiger partial charge >= 0.3 is 11.9 Å². The van der Waals surface area contributed by atoms with Gasteiger partial charge in [0, 0.05) is 12.8 Å². The van der Waals surface area contributed by atoms with E-state index >= 15 is 0 Å². The molecule has 0 spiro atoms. The highest BCUT2D eigenvalue weighted by molar-refractivity contribution is 5.70. The van der Waals surface area contributed by atoms with Gasteiger partial charge in [-0.2, -0.15) is 0 Å². The Bertz CT molecular complexity index is 1650. The molecule has 0 aromatic heterocycles. The molecule has 0 N–H and O–H groups in total. The molecule has 0 aromatic rings. The lowest BCUT2D eigenvalue weighted by atomic mass is 10.0. The quantitative estimate of drug-likeness (QED) is 0.0195. The zero-order chi connectivity index (χ0) is 59.1. The van der Waals surface area contributed by atoms with Gasteiger partial charge < -0.3 is 33.3 Å². The Morgan fingerprint density at radius 3 is 0.988 bits per heavy atom. The minimum Gasteiger partial charge on any atom is -0.545 e. The fraction of sp³-hybridized carbons (Fsp3) is 0.736. The number of ether oxygens (including phenoxy) is 4. The van der Waals surface area contributed by atoms with Crippen LogP contribution in [0, 0.1) is 0 Å². The Balaban J connectivity index is 3.95. The molecule has 9 heteroatoms. The number of carbonyl (C=O) groups excluding carboxylic acids is 3. The maximum Gasteiger partial charge on any atom is 0.306 e. The smallest absolute Gasteiger partial charge is 0.306 e. The molecule has 0 rings (SSSR count). The molecule has 0 amide bonds. The van der Waals surface area contributed by atoms with E-state index in [-0.39, 0.29) is 38.6 Å². The number of rotatable bonds is 61. The second-order valence-electron chi connectivity index (χ2n) is 23.3. The molecule has 0 bridgehead atoms. The largest absolute Gasteiger partial charge is 0.545 e. The molecule has 0 fully saturated rings. The van der Waals surface area contributed by atoms with Crippen LogP contribution < -0.4 is 5.11 Å². The number of likely N-dealkylation sites (N-methyl/N-ethyl adjacent to an activating group) is 1. The lowest BCUT2D eigenvalue weighted by Crippen LogP contribution is -2.44. The van der Waals surface area contributed by atoms with Crippen molar-refractivity contribution >= 4 is 17.9 Å². The summed E-state index contributed by atoms with van der Waals surface area (Å²) in [5.74, 6) is -2.30. The highest BCUT2D eigenvalue weighted by Gasteiger charge is 2.22. The molecule has 2 atom stereocenters. The van der Waals surface area contributed by atoms with Crippen molar-refractivity contribution in [1.82, 2.24) is 0 Å². The third kappa shape index (κ3) is 63.6. The van der Waals surface area contributed by atoms with Crippen LogP contribution in [-0.4, -0.2) is 82.3 Å². The molecule has 0 aliphatic heterocycles. The van der Waals surface area contributed by atoms with Gasteiger partial charge in [-0.3, -0.25) is 9.59 Å². The third-order valence-electron chi connectivity index (χ3n) is 14.3. The van der Waals surface area contributed by atoms with E-state index < -0.39 is 24.3 Å². The van der Waals surface area contributed by atoms with Crippen molar-refractivity contribution in [3.05, 3.63) is 97.2 Å². The predicted octanol–water partition coefficient (Wildman–Crippen LogP) is 19.1. The standard InChI is InChI=1S/C72H125NO8/c1-6-8-10-12-14-16-18-20-22-23-24-25-26-27-28-29-30-31-32-33-34-35-36-37-38-39-40-41-42-43-44-45-46-47-49-51-53-55-57-59-61-63-70(75)81-68(67-80-72(71(76)77)78-65-64-73(3,4)5)66-79-69(74)62-60-58-56-54-52-50-48-21-19-17-15-13-11-9-7-2/h8-11,14-17,20-22,24-25,27-28,48,68,72H,6-7,12-13,18-19,23,26,29-47,49-67H2,1-5H3/b10-8-,11-9-,16-14-,17-15-,22-20-,25-24-,28-27-,48-21-. The summed E-state index contributed by atoms with van der Waals surface area (Å²) in [4.78, 5) is 37.3. The zero-order valence-corrected chi connectivity index (χ0v) is 53.1. The first-order chi connectivity index (χ1) is 39.6. The lowest BCUT2D eigenvalue weighted by Gasteiger charge is -2.26. The van der Waals surface area contributed by atoms with Gasteiger partial charge in [-0.05, 0) is 89.9 Å². The van der Waals surface area contributed by atoms with Crippen LogP contribution in [0.15, 0.2) is 97.2 Å². The summed E-state index contributed by atoms with van der Waals surface area (Å²) in [6.07, 6.45) is 82.2. The first-order valence-electron chi connectivity index (χ1n) is 33.4. The van der Waals surface area contributed by atoms with E-state index in [1.165, 1.54) is 148 Å². The zero-order valence-electron chi connectivity index (χ0n) is 53.1. The Kier molecular flexibility index (Phi) is 59.3. The van der Waals surface area contributed by atoms with E-state index in [1.54, 1.807) is 0 Å². The summed E-state index contributed by atoms with van der Waals surface area (Å²) in [7, 11) is 5.92. The summed E-state index contributed by atoms with van der Waals surface area (Å²) in [6.45, 7) is 4.52. The van der Waals surface area contributed by atoms with Crippen LogP contribution in [0.3, 0.4) is 0 Å². The molecule has 0 heterocycles. The van der Waals surface area contributed by atoms with Gasteiger partial charge in [0.15, 0.2) is 12.4 Å². The molecule has 466 valence electrons. The molecule has 81 heavy (non-hydrogen) atoms. The number of nitrogens with zero attached hydrogens (tertiary/aromatic N) is 1. The first kappa shape index (κ1) is 77.2. The second kappa shape index (κ2) is 62.3. The topological polar surface area (TPSA) is 111 Å². The molecule has 0 radical (unpaired) electrons. The SMILES string of the molecule is CC/C=C\C/C=C\C/C=C\C/C=C\C/C=C\CCCCCCCCCCCCCCCCCCCCCCCCCCCC(=O)OC(COC(=O)CCCCCCC/C=C\C/C=C\C/C=C\CC)COC(OCC[N+](C)(C)C)C(=O)[O-]. The minimum absolute atomic E-state index is 0.143. The summed E-state index contributed by atoms with van der Waals surface area (Å²) < 4.78 is 22.7. The minimum atomic E-state index is -1.63. The number of hydrogen-bond donors (Lipinski definition) is 0. The average Bonchev–Trinajstić information content (AvgIpc) is 3.44. The number of aliphatic carboxylic acids is 1. The molecule has 0 saturated heterocycles. The van der Waals surface area contributed by atoms with Crippen LogP contribution in [0.1, 0.15) is 284 Å². The van der Waals surface area contributed by atoms with Gasteiger partial charge in [0.05, 0.1) is 40.3 Å². The molecule has 0 aliphatic carbocycles. The summed E-state index contributed by atoms with van der Waals surface area (Å²) in [5.41, 5.74) is 0. The van der Waals surface area contributed by atoms with E-state index in [4.69, 9.17) is 18.9 Å². The number of hydrogen-bond acceptors (Lipinski definition) is 8. The van der Waals surface area contributed by atoms with Crippen molar-refractivity contribution < 1.29 is 42.9 Å². The van der Waals surface area contributed by atoms with Gasteiger partial charge in [0.1, 0.15) is 13.2 Å². The fourth-order valence-electron chi connectivity index (χ4n) is 9.29. The summed E-state index contributed by atoms with van der Waals surface area (Å²) >= 11 is 0. The first-order valence-corrected chi connectivity index (χ1v) is 33.4. The van der Waals surface area contributed by atoms with Crippen molar-refractivity contribution in [2.45, 2.75) is 296 Å². The van der Waals surface area contributed by atoms with E-state index in [2.05, 4.69) is 111 Å². The molecular weight excluding hydrogens is 1010 g/mol. The Morgan fingerprint density at radius 2 is 0.667 bits per heavy atom. The number of allylic oxidation sites excluding steroid dienone is 16. The number of carboxylic acid groups (broad SMARTS) is 1. The molecule has 0 aliphatic rings. The number of carboxylic acids is 1. The van der Waals surface area contributed by atoms with Crippen molar-refractivity contribution in [3.63, 3.8) is 0 Å². The predicted molar refractivity (Wildman–Crippen MR) is 343 cm³/mol. The highest BCUT2D eigenvalue weighted by atomic mass is 16.7. The van der Waals surface area contributed by atoms with Gasteiger partial charge in [0.25, 0.3) is 0 Å². The van der Waals surface area contributed by atoms with Gasteiger partial charge in [0.2, 0.25) is 0 Å². The van der Waals surface area contributed by atoms with E-state index in [1.807, 2.05) is 21.1 Å². The summed E-state index contributed by atoms with van der Waals surface area (Å²) in [5, 5.41) is 11.8. The number of unbranched alkanes of at least 4 members (excludes halogenated alkanes) is 30. The van der Waals surface area contributed by atoms with Gasteiger partial charge in [-0.1, -0.05) is 278 Å². The molecule has 0 aromatic carbocycles. The summed E-state index contributed by atoms with van der Waals surface area (Å²) in [6, 6.07) is 0. The third-order valence-corrected chi connectivity index (χ3v) is 14.3. The molecular formula is C72H125NO8. The van der Waals surface area contributed by atoms with Crippen molar-refractivity contribution in [3.8, 4) is 0 Å². The van der Waals surface area contributed by atoms with Crippen LogP contribution in [0.25, 0.3) is 0 Å². The van der Waals surface area contributed by atoms with Crippen molar-refractivity contribution in [2.75, 3.05) is 47.5 Å². The van der Waals surface area contributed by atoms with E-state index in [0.717, 1.165) is 103 Å². The lowest BCUT2D eigenvalue weighted by molar-refractivity contribution is -0.870. The molecule has 0 saturated carbocycles. The number of esters is 2. The van der Waals surface area contributed by atoms with Crippen LogP contribution in [0.2, 0.25) is 0 Å². The Morgan fingerprint density at radius 1 is 0.370 bits per heavy atom. The van der Waals surface area contributed by atoms with Crippen LogP contribution >= 0.6 is 0 Å².